The maximum absolute atomic E-state index is 9.63. The Balaban J connectivity index is 2.53. The number of nitrogens with zero attached hydrogens (tertiary/aromatic N) is 2. The van der Waals surface area contributed by atoms with E-state index in [1.165, 1.54) is 0 Å². The summed E-state index contributed by atoms with van der Waals surface area (Å²) in [4.78, 5) is 0. The molecule has 1 aromatic rings. The molecule has 14 heavy (non-hydrogen) atoms. The van der Waals surface area contributed by atoms with E-state index in [9.17, 15) is 5.11 Å². The molecule has 80 valence electrons. The summed E-state index contributed by atoms with van der Waals surface area (Å²) in [5, 5.41) is 14.4. The van der Waals surface area contributed by atoms with E-state index < -0.39 is 0 Å². The number of aromatic nitrogens is 2. The van der Waals surface area contributed by atoms with Crippen molar-refractivity contribution in [3.8, 4) is 0 Å². The summed E-state index contributed by atoms with van der Waals surface area (Å²) < 4.78 is 1.76. The summed E-state index contributed by atoms with van der Waals surface area (Å²) >= 11 is 5.94. The van der Waals surface area contributed by atoms with Crippen LogP contribution in [0, 0.1) is 5.92 Å². The summed E-state index contributed by atoms with van der Waals surface area (Å²) in [6, 6.07) is 0. The minimum atomic E-state index is -0.263. The van der Waals surface area contributed by atoms with Gasteiger partial charge in [-0.15, -0.1) is 0 Å². The lowest BCUT2D eigenvalue weighted by atomic mass is 10.0. The van der Waals surface area contributed by atoms with Crippen LogP contribution in [0.25, 0.3) is 0 Å². The van der Waals surface area contributed by atoms with Crippen molar-refractivity contribution in [2.75, 3.05) is 0 Å². The van der Waals surface area contributed by atoms with Crippen LogP contribution in [0.3, 0.4) is 0 Å². The largest absolute Gasteiger partial charge is 0.393 e. The van der Waals surface area contributed by atoms with E-state index in [-0.39, 0.29) is 6.10 Å². The molecule has 0 aliphatic carbocycles. The lowest BCUT2D eigenvalue weighted by Gasteiger charge is -2.14. The molecular formula is C10H17ClN2O. The number of aryl methyl sites for hydroxylation is 1. The maximum atomic E-state index is 9.63. The number of rotatable bonds is 4. The molecule has 0 aromatic carbocycles. The standard InChI is InChI=1S/C10H17ClN2O/c1-7(2)10(14)5-4-9-8(11)6-12-13(9)3/h6-7,10,14H,4-5H2,1-3H3. The Labute approximate surface area is 89.7 Å². The molecule has 1 heterocycles. The van der Waals surface area contributed by atoms with E-state index in [2.05, 4.69) is 5.10 Å². The molecule has 0 aliphatic rings. The molecule has 3 nitrogen and oxygen atoms in total. The Morgan fingerprint density at radius 2 is 2.21 bits per heavy atom. The topological polar surface area (TPSA) is 38.1 Å². The van der Waals surface area contributed by atoms with Crippen LogP contribution in [-0.4, -0.2) is 21.0 Å². The minimum Gasteiger partial charge on any atom is -0.393 e. The Bertz CT molecular complexity index is 277. The lowest BCUT2D eigenvalue weighted by Crippen LogP contribution is -2.16. The second-order valence-electron chi connectivity index (χ2n) is 3.91. The Morgan fingerprint density at radius 3 is 2.64 bits per heavy atom. The summed E-state index contributed by atoms with van der Waals surface area (Å²) in [6.07, 6.45) is 2.88. The molecule has 1 aromatic heterocycles. The fourth-order valence-electron chi connectivity index (χ4n) is 1.34. The van der Waals surface area contributed by atoms with Crippen LogP contribution in [0.5, 0.6) is 0 Å². The molecule has 0 saturated heterocycles. The molecule has 0 aliphatic heterocycles. The van der Waals surface area contributed by atoms with Crippen LogP contribution in [0.4, 0.5) is 0 Å². The zero-order valence-electron chi connectivity index (χ0n) is 8.87. The summed E-state index contributed by atoms with van der Waals surface area (Å²) in [7, 11) is 1.86. The van der Waals surface area contributed by atoms with Gasteiger partial charge in [0.2, 0.25) is 0 Å². The van der Waals surface area contributed by atoms with Gasteiger partial charge in [-0.2, -0.15) is 5.10 Å². The predicted molar refractivity (Wildman–Crippen MR) is 57.4 cm³/mol. The highest BCUT2D eigenvalue weighted by Crippen LogP contribution is 2.18. The lowest BCUT2D eigenvalue weighted by molar-refractivity contribution is 0.116. The quantitative estimate of drug-likeness (QED) is 0.837. The second-order valence-corrected chi connectivity index (χ2v) is 4.32. The average Bonchev–Trinajstić information content (AvgIpc) is 2.43. The van der Waals surface area contributed by atoms with Crippen LogP contribution in [-0.2, 0) is 13.5 Å². The van der Waals surface area contributed by atoms with Crippen molar-refractivity contribution in [3.63, 3.8) is 0 Å². The third-order valence-electron chi connectivity index (χ3n) is 2.46. The number of aliphatic hydroxyl groups is 1. The molecule has 0 fully saturated rings. The van der Waals surface area contributed by atoms with Crippen molar-refractivity contribution in [3.05, 3.63) is 16.9 Å². The van der Waals surface area contributed by atoms with Crippen molar-refractivity contribution >= 4 is 11.6 Å². The molecule has 0 saturated carbocycles. The van der Waals surface area contributed by atoms with E-state index >= 15 is 0 Å². The number of hydrogen-bond acceptors (Lipinski definition) is 2. The van der Waals surface area contributed by atoms with Crippen molar-refractivity contribution in [1.29, 1.82) is 0 Å². The van der Waals surface area contributed by atoms with Crippen LogP contribution in [0.2, 0.25) is 5.02 Å². The molecule has 1 rings (SSSR count). The first-order valence-electron chi connectivity index (χ1n) is 4.86. The molecule has 1 N–H and O–H groups in total. The van der Waals surface area contributed by atoms with Gasteiger partial charge in [0.1, 0.15) is 0 Å². The van der Waals surface area contributed by atoms with Gasteiger partial charge in [0.15, 0.2) is 0 Å². The number of halogens is 1. The fourth-order valence-corrected chi connectivity index (χ4v) is 1.60. The Hall–Kier alpha value is -0.540. The van der Waals surface area contributed by atoms with E-state index in [0.717, 1.165) is 18.5 Å². The van der Waals surface area contributed by atoms with Crippen molar-refractivity contribution < 1.29 is 5.11 Å². The monoisotopic (exact) mass is 216 g/mol. The van der Waals surface area contributed by atoms with Crippen molar-refractivity contribution in [1.82, 2.24) is 9.78 Å². The first-order valence-corrected chi connectivity index (χ1v) is 5.24. The molecule has 1 unspecified atom stereocenters. The predicted octanol–water partition coefficient (Wildman–Crippen LogP) is 2.02. The molecule has 1 atom stereocenters. The van der Waals surface area contributed by atoms with Gasteiger partial charge < -0.3 is 5.11 Å². The Kier molecular flexibility index (Phi) is 3.96. The molecule has 4 heteroatoms. The highest BCUT2D eigenvalue weighted by Gasteiger charge is 2.12. The molecule has 0 bridgehead atoms. The third kappa shape index (κ3) is 2.72. The van der Waals surface area contributed by atoms with Gasteiger partial charge in [-0.05, 0) is 18.8 Å². The fraction of sp³-hybridized carbons (Fsp3) is 0.700. The van der Waals surface area contributed by atoms with Crippen LogP contribution >= 0.6 is 11.6 Å². The summed E-state index contributed by atoms with van der Waals surface area (Å²) in [5.74, 6) is 0.294. The average molecular weight is 217 g/mol. The normalized spacial score (nSPS) is 13.6. The molecule has 0 spiro atoms. The second kappa shape index (κ2) is 4.80. The van der Waals surface area contributed by atoms with Gasteiger partial charge >= 0.3 is 0 Å². The van der Waals surface area contributed by atoms with Crippen molar-refractivity contribution in [2.24, 2.45) is 13.0 Å². The number of aliphatic hydroxyl groups excluding tert-OH is 1. The van der Waals surface area contributed by atoms with Crippen LogP contribution < -0.4 is 0 Å². The van der Waals surface area contributed by atoms with Gasteiger partial charge in [-0.1, -0.05) is 25.4 Å². The summed E-state index contributed by atoms with van der Waals surface area (Å²) in [6.45, 7) is 4.02. The van der Waals surface area contributed by atoms with Crippen molar-refractivity contribution in [2.45, 2.75) is 32.8 Å². The Morgan fingerprint density at radius 1 is 1.57 bits per heavy atom. The van der Waals surface area contributed by atoms with E-state index in [0.29, 0.717) is 10.9 Å². The zero-order chi connectivity index (χ0) is 10.7. The minimum absolute atomic E-state index is 0.263. The molecule has 0 radical (unpaired) electrons. The zero-order valence-corrected chi connectivity index (χ0v) is 9.62. The van der Waals surface area contributed by atoms with Gasteiger partial charge in [0.05, 0.1) is 23.0 Å². The molecule has 0 amide bonds. The van der Waals surface area contributed by atoms with E-state index in [4.69, 9.17) is 11.6 Å². The number of hydrogen-bond donors (Lipinski definition) is 1. The van der Waals surface area contributed by atoms with E-state index in [1.54, 1.807) is 10.9 Å². The highest BCUT2D eigenvalue weighted by atomic mass is 35.5. The van der Waals surface area contributed by atoms with Crippen LogP contribution in [0.1, 0.15) is 26.0 Å². The van der Waals surface area contributed by atoms with Gasteiger partial charge in [-0.3, -0.25) is 4.68 Å². The van der Waals surface area contributed by atoms with Crippen LogP contribution in [0.15, 0.2) is 6.20 Å². The smallest absolute Gasteiger partial charge is 0.0817 e. The maximum Gasteiger partial charge on any atom is 0.0817 e. The first kappa shape index (κ1) is 11.5. The first-order chi connectivity index (χ1) is 6.52. The summed E-state index contributed by atoms with van der Waals surface area (Å²) in [5.41, 5.74) is 0.992. The van der Waals surface area contributed by atoms with E-state index in [1.807, 2.05) is 20.9 Å². The third-order valence-corrected chi connectivity index (χ3v) is 2.77. The SMILES string of the molecule is CC(C)C(O)CCc1c(Cl)cnn1C. The van der Waals surface area contributed by atoms with Gasteiger partial charge in [0, 0.05) is 7.05 Å². The van der Waals surface area contributed by atoms with Gasteiger partial charge in [-0.25, -0.2) is 0 Å². The molecular weight excluding hydrogens is 200 g/mol. The van der Waals surface area contributed by atoms with Gasteiger partial charge in [0.25, 0.3) is 0 Å². The highest BCUT2D eigenvalue weighted by molar-refractivity contribution is 6.31.